The monoisotopic (exact) mass is 346 g/mol. The first-order valence-corrected chi connectivity index (χ1v) is 8.50. The molecule has 4 aromatic rings. The molecular formula is C20H18N4O2. The number of aromatic nitrogens is 4. The Hall–Kier alpha value is -3.41. The first kappa shape index (κ1) is 16.1. The molecular weight excluding hydrogens is 328 g/mol. The minimum atomic E-state index is -0.356. The van der Waals surface area contributed by atoms with Crippen LogP contribution in [0.15, 0.2) is 76.6 Å². The molecule has 0 spiro atoms. The minimum Gasteiger partial charge on any atom is -0.312 e. The first-order chi connectivity index (χ1) is 12.7. The van der Waals surface area contributed by atoms with Crippen molar-refractivity contribution in [3.8, 4) is 5.69 Å². The third kappa shape index (κ3) is 2.56. The average Bonchev–Trinajstić information content (AvgIpc) is 3.08. The number of fused-ring (bicyclic) bond motifs is 1. The van der Waals surface area contributed by atoms with Gasteiger partial charge in [-0.25, -0.2) is 14.3 Å². The maximum Gasteiger partial charge on any atom is 0.337 e. The zero-order valence-corrected chi connectivity index (χ0v) is 14.4. The van der Waals surface area contributed by atoms with Gasteiger partial charge in [-0.1, -0.05) is 48.5 Å². The highest BCUT2D eigenvalue weighted by Crippen LogP contribution is 2.15. The van der Waals surface area contributed by atoms with Gasteiger partial charge in [0.15, 0.2) is 11.2 Å². The maximum atomic E-state index is 13.0. The van der Waals surface area contributed by atoms with E-state index in [1.807, 2.05) is 65.2 Å². The predicted octanol–water partition coefficient (Wildman–Crippen LogP) is 2.42. The Labute approximate surface area is 149 Å². The van der Waals surface area contributed by atoms with Gasteiger partial charge in [-0.05, 0) is 24.6 Å². The van der Waals surface area contributed by atoms with Crippen molar-refractivity contribution in [2.45, 2.75) is 20.0 Å². The van der Waals surface area contributed by atoms with E-state index in [9.17, 15) is 9.59 Å². The zero-order valence-electron chi connectivity index (χ0n) is 14.4. The molecule has 0 aliphatic heterocycles. The van der Waals surface area contributed by atoms with Crippen molar-refractivity contribution in [1.29, 1.82) is 0 Å². The van der Waals surface area contributed by atoms with Crippen molar-refractivity contribution in [2.75, 3.05) is 0 Å². The van der Waals surface area contributed by atoms with Crippen LogP contribution in [0.3, 0.4) is 0 Å². The van der Waals surface area contributed by atoms with Gasteiger partial charge in [0.25, 0.3) is 5.56 Å². The molecule has 0 aliphatic carbocycles. The molecule has 0 N–H and O–H groups in total. The van der Waals surface area contributed by atoms with Crippen LogP contribution < -0.4 is 11.2 Å². The second kappa shape index (κ2) is 6.48. The molecule has 0 radical (unpaired) electrons. The Kier molecular flexibility index (Phi) is 4.01. The SMILES string of the molecule is CCn1c(=O)c2ncn(Cc3ccccc3)c2n(-c2ccccc2)c1=O. The van der Waals surface area contributed by atoms with Gasteiger partial charge >= 0.3 is 5.69 Å². The largest absolute Gasteiger partial charge is 0.337 e. The number of rotatable bonds is 4. The van der Waals surface area contributed by atoms with Crippen LogP contribution in [0.4, 0.5) is 0 Å². The molecule has 130 valence electrons. The van der Waals surface area contributed by atoms with Crippen LogP contribution in [0, 0.1) is 0 Å². The summed E-state index contributed by atoms with van der Waals surface area (Å²) in [6.07, 6.45) is 1.62. The van der Waals surface area contributed by atoms with Gasteiger partial charge in [0.2, 0.25) is 0 Å². The lowest BCUT2D eigenvalue weighted by atomic mass is 10.2. The summed E-state index contributed by atoms with van der Waals surface area (Å²) in [5.41, 5.74) is 1.88. The van der Waals surface area contributed by atoms with E-state index in [0.29, 0.717) is 29.9 Å². The number of imidazole rings is 1. The second-order valence-electron chi connectivity index (χ2n) is 6.03. The van der Waals surface area contributed by atoms with Crippen LogP contribution in [-0.2, 0) is 13.1 Å². The number of nitrogens with zero attached hydrogens (tertiary/aromatic N) is 4. The van der Waals surface area contributed by atoms with E-state index < -0.39 is 0 Å². The molecule has 0 aliphatic rings. The zero-order chi connectivity index (χ0) is 18.1. The summed E-state index contributed by atoms with van der Waals surface area (Å²) in [6, 6.07) is 19.2. The first-order valence-electron chi connectivity index (χ1n) is 8.50. The smallest absolute Gasteiger partial charge is 0.312 e. The Morgan fingerprint density at radius 3 is 2.23 bits per heavy atom. The van der Waals surface area contributed by atoms with Gasteiger partial charge in [0.1, 0.15) is 0 Å². The minimum absolute atomic E-state index is 0.297. The number of benzene rings is 2. The summed E-state index contributed by atoms with van der Waals surface area (Å²) in [5.74, 6) is 0. The third-order valence-electron chi connectivity index (χ3n) is 4.42. The molecule has 0 saturated heterocycles. The van der Waals surface area contributed by atoms with Crippen LogP contribution in [0.2, 0.25) is 0 Å². The van der Waals surface area contributed by atoms with Gasteiger partial charge in [-0.3, -0.25) is 9.36 Å². The summed E-state index contributed by atoms with van der Waals surface area (Å²) in [7, 11) is 0. The Morgan fingerprint density at radius 1 is 0.923 bits per heavy atom. The molecule has 6 nitrogen and oxygen atoms in total. The van der Waals surface area contributed by atoms with Crippen molar-refractivity contribution in [2.24, 2.45) is 0 Å². The second-order valence-corrected chi connectivity index (χ2v) is 6.03. The Morgan fingerprint density at radius 2 is 1.58 bits per heavy atom. The molecule has 0 saturated carbocycles. The van der Waals surface area contributed by atoms with E-state index in [2.05, 4.69) is 4.98 Å². The van der Waals surface area contributed by atoms with E-state index >= 15 is 0 Å². The van der Waals surface area contributed by atoms with Crippen molar-refractivity contribution in [3.63, 3.8) is 0 Å². The van der Waals surface area contributed by atoms with E-state index in [4.69, 9.17) is 0 Å². The lowest BCUT2D eigenvalue weighted by molar-refractivity contribution is 0.653. The molecule has 0 fully saturated rings. The molecule has 2 aromatic carbocycles. The standard InChI is InChI=1S/C20H18N4O2/c1-2-23-19(25)17-18(24(20(23)26)16-11-7-4-8-12-16)22(14-21-17)13-15-9-5-3-6-10-15/h3-12,14H,2,13H2,1H3. The van der Waals surface area contributed by atoms with Crippen molar-refractivity contribution < 1.29 is 0 Å². The summed E-state index contributed by atoms with van der Waals surface area (Å²) in [4.78, 5) is 30.0. The molecule has 2 heterocycles. The Bertz CT molecular complexity index is 1170. The van der Waals surface area contributed by atoms with Crippen LogP contribution in [0.1, 0.15) is 12.5 Å². The highest BCUT2D eigenvalue weighted by Gasteiger charge is 2.18. The van der Waals surface area contributed by atoms with E-state index in [0.717, 1.165) is 5.56 Å². The normalized spacial score (nSPS) is 11.1. The van der Waals surface area contributed by atoms with Gasteiger partial charge in [-0.2, -0.15) is 0 Å². The molecule has 0 unspecified atom stereocenters. The van der Waals surface area contributed by atoms with Crippen molar-refractivity contribution in [1.82, 2.24) is 18.7 Å². The van der Waals surface area contributed by atoms with Crippen LogP contribution in [0.5, 0.6) is 0 Å². The molecule has 0 atom stereocenters. The van der Waals surface area contributed by atoms with Gasteiger partial charge in [0.05, 0.1) is 18.6 Å². The molecule has 0 amide bonds. The fourth-order valence-electron chi connectivity index (χ4n) is 3.17. The quantitative estimate of drug-likeness (QED) is 0.570. The summed E-state index contributed by atoms with van der Waals surface area (Å²) < 4.78 is 4.63. The average molecular weight is 346 g/mol. The van der Waals surface area contributed by atoms with Gasteiger partial charge in [0, 0.05) is 6.54 Å². The molecule has 0 bridgehead atoms. The van der Waals surface area contributed by atoms with E-state index in [1.54, 1.807) is 17.8 Å². The number of hydrogen-bond donors (Lipinski definition) is 0. The third-order valence-corrected chi connectivity index (χ3v) is 4.42. The highest BCUT2D eigenvalue weighted by molar-refractivity contribution is 5.72. The van der Waals surface area contributed by atoms with Crippen LogP contribution >= 0.6 is 0 Å². The van der Waals surface area contributed by atoms with Crippen molar-refractivity contribution in [3.05, 3.63) is 93.4 Å². The fraction of sp³-hybridized carbons (Fsp3) is 0.150. The topological polar surface area (TPSA) is 61.8 Å². The molecule has 2 aromatic heterocycles. The molecule has 4 rings (SSSR count). The summed E-state index contributed by atoms with van der Waals surface area (Å²) in [6.45, 7) is 2.61. The van der Waals surface area contributed by atoms with Crippen molar-refractivity contribution >= 4 is 11.2 Å². The van der Waals surface area contributed by atoms with E-state index in [-0.39, 0.29) is 11.2 Å². The van der Waals surface area contributed by atoms with Crippen LogP contribution in [0.25, 0.3) is 16.9 Å². The van der Waals surface area contributed by atoms with E-state index in [1.165, 1.54) is 4.57 Å². The lowest BCUT2D eigenvalue weighted by Gasteiger charge is -2.13. The molecule has 26 heavy (non-hydrogen) atoms. The number of hydrogen-bond acceptors (Lipinski definition) is 3. The summed E-state index contributed by atoms with van der Waals surface area (Å²) >= 11 is 0. The fourth-order valence-corrected chi connectivity index (χ4v) is 3.17. The highest BCUT2D eigenvalue weighted by atomic mass is 16.2. The van der Waals surface area contributed by atoms with Gasteiger partial charge in [-0.15, -0.1) is 0 Å². The van der Waals surface area contributed by atoms with Crippen LogP contribution in [-0.4, -0.2) is 18.7 Å². The summed E-state index contributed by atoms with van der Waals surface area (Å²) in [5, 5.41) is 0. The maximum absolute atomic E-state index is 13.0. The lowest BCUT2D eigenvalue weighted by Crippen LogP contribution is -2.39. The number of para-hydroxylation sites is 1. The van der Waals surface area contributed by atoms with Gasteiger partial charge < -0.3 is 4.57 Å². The predicted molar refractivity (Wildman–Crippen MR) is 101 cm³/mol. The molecule has 6 heteroatoms. The Balaban J connectivity index is 2.05.